The van der Waals surface area contributed by atoms with Crippen LogP contribution in [0.1, 0.15) is 11.1 Å². The largest absolute Gasteiger partial charge is 0.472 e. The van der Waals surface area contributed by atoms with Crippen molar-refractivity contribution >= 4 is 11.6 Å². The summed E-state index contributed by atoms with van der Waals surface area (Å²) in [5.41, 5.74) is 7.73. The van der Waals surface area contributed by atoms with Gasteiger partial charge in [0.15, 0.2) is 0 Å². The highest BCUT2D eigenvalue weighted by Gasteiger charge is 2.09. The van der Waals surface area contributed by atoms with Crippen LogP contribution in [0.3, 0.4) is 0 Å². The molecule has 2 aromatic rings. The van der Waals surface area contributed by atoms with Crippen LogP contribution >= 0.6 is 0 Å². The van der Waals surface area contributed by atoms with Gasteiger partial charge in [-0.05, 0) is 13.0 Å². The van der Waals surface area contributed by atoms with Crippen molar-refractivity contribution < 1.29 is 4.42 Å². The maximum Gasteiger partial charge on any atom is 0.137 e. The van der Waals surface area contributed by atoms with Gasteiger partial charge in [0.2, 0.25) is 0 Å². The average molecular weight is 218 g/mol. The van der Waals surface area contributed by atoms with Crippen LogP contribution in [0.4, 0.5) is 11.6 Å². The van der Waals surface area contributed by atoms with Crippen molar-refractivity contribution in [3.05, 3.63) is 36.0 Å². The molecule has 0 saturated heterocycles. The summed E-state index contributed by atoms with van der Waals surface area (Å²) in [6.45, 7) is 2.64. The zero-order chi connectivity index (χ0) is 11.5. The predicted octanol–water partition coefficient (Wildman–Crippen LogP) is 1.60. The van der Waals surface area contributed by atoms with Crippen molar-refractivity contribution in [2.75, 3.05) is 17.7 Å². The standard InChI is InChI=1S/C11H14N4O/c1-8-10(12)13-7-14-11(8)15(2)5-9-3-4-16-6-9/h3-4,6-7H,5H2,1-2H3,(H2,12,13,14). The molecule has 2 aromatic heterocycles. The third-order valence-corrected chi connectivity index (χ3v) is 2.46. The van der Waals surface area contributed by atoms with Crippen LogP contribution in [0, 0.1) is 6.92 Å². The van der Waals surface area contributed by atoms with Gasteiger partial charge in [-0.15, -0.1) is 0 Å². The Balaban J connectivity index is 2.21. The fourth-order valence-corrected chi connectivity index (χ4v) is 1.57. The Kier molecular flexibility index (Phi) is 2.76. The summed E-state index contributed by atoms with van der Waals surface area (Å²) in [5.74, 6) is 1.36. The SMILES string of the molecule is Cc1c(N)ncnc1N(C)Cc1ccoc1. The van der Waals surface area contributed by atoms with E-state index in [1.165, 1.54) is 6.33 Å². The molecule has 0 saturated carbocycles. The Hall–Kier alpha value is -2.04. The van der Waals surface area contributed by atoms with Gasteiger partial charge in [0.1, 0.15) is 18.0 Å². The van der Waals surface area contributed by atoms with Gasteiger partial charge in [-0.2, -0.15) is 0 Å². The summed E-state index contributed by atoms with van der Waals surface area (Å²) in [6, 6.07) is 1.93. The number of hydrogen-bond acceptors (Lipinski definition) is 5. The molecule has 16 heavy (non-hydrogen) atoms. The van der Waals surface area contributed by atoms with E-state index in [2.05, 4.69) is 9.97 Å². The molecule has 0 radical (unpaired) electrons. The minimum atomic E-state index is 0.518. The summed E-state index contributed by atoms with van der Waals surface area (Å²) in [5, 5.41) is 0. The maximum atomic E-state index is 5.74. The molecule has 2 rings (SSSR count). The third kappa shape index (κ3) is 1.98. The fourth-order valence-electron chi connectivity index (χ4n) is 1.57. The number of hydrogen-bond donors (Lipinski definition) is 1. The molecule has 0 spiro atoms. The number of anilines is 2. The molecule has 5 nitrogen and oxygen atoms in total. The second-order valence-electron chi connectivity index (χ2n) is 3.70. The van der Waals surface area contributed by atoms with Gasteiger partial charge in [0, 0.05) is 24.7 Å². The normalized spacial score (nSPS) is 10.4. The maximum absolute atomic E-state index is 5.74. The lowest BCUT2D eigenvalue weighted by Crippen LogP contribution is -2.19. The molecule has 84 valence electrons. The molecule has 2 heterocycles. The van der Waals surface area contributed by atoms with E-state index in [1.54, 1.807) is 12.5 Å². The lowest BCUT2D eigenvalue weighted by atomic mass is 10.2. The number of nitrogens with two attached hydrogens (primary N) is 1. The first-order valence-corrected chi connectivity index (χ1v) is 4.97. The van der Waals surface area contributed by atoms with E-state index in [-0.39, 0.29) is 0 Å². The van der Waals surface area contributed by atoms with E-state index in [9.17, 15) is 0 Å². The molecule has 0 aliphatic rings. The van der Waals surface area contributed by atoms with Crippen LogP contribution in [-0.2, 0) is 6.54 Å². The highest BCUT2D eigenvalue weighted by Crippen LogP contribution is 2.20. The van der Waals surface area contributed by atoms with E-state index in [0.717, 1.165) is 23.5 Å². The number of furan rings is 1. The minimum Gasteiger partial charge on any atom is -0.472 e. The van der Waals surface area contributed by atoms with Crippen molar-refractivity contribution in [3.8, 4) is 0 Å². The van der Waals surface area contributed by atoms with Crippen LogP contribution in [-0.4, -0.2) is 17.0 Å². The summed E-state index contributed by atoms with van der Waals surface area (Å²) >= 11 is 0. The average Bonchev–Trinajstić information content (AvgIpc) is 2.74. The van der Waals surface area contributed by atoms with Gasteiger partial charge >= 0.3 is 0 Å². The van der Waals surface area contributed by atoms with Crippen LogP contribution in [0.5, 0.6) is 0 Å². The minimum absolute atomic E-state index is 0.518. The Morgan fingerprint density at radius 3 is 2.94 bits per heavy atom. The molecule has 2 N–H and O–H groups in total. The van der Waals surface area contributed by atoms with E-state index in [0.29, 0.717) is 5.82 Å². The van der Waals surface area contributed by atoms with Gasteiger partial charge in [-0.3, -0.25) is 0 Å². The van der Waals surface area contributed by atoms with Crippen LogP contribution < -0.4 is 10.6 Å². The van der Waals surface area contributed by atoms with E-state index < -0.39 is 0 Å². The first kappa shape index (κ1) is 10.5. The zero-order valence-electron chi connectivity index (χ0n) is 9.34. The number of rotatable bonds is 3. The quantitative estimate of drug-likeness (QED) is 0.847. The van der Waals surface area contributed by atoms with E-state index in [1.807, 2.05) is 24.9 Å². The Labute approximate surface area is 93.9 Å². The zero-order valence-corrected chi connectivity index (χ0v) is 9.34. The summed E-state index contributed by atoms with van der Waals surface area (Å²) in [7, 11) is 1.96. The van der Waals surface area contributed by atoms with Gasteiger partial charge in [-0.1, -0.05) is 0 Å². The number of nitrogen functional groups attached to an aromatic ring is 1. The molecule has 0 amide bonds. The van der Waals surface area contributed by atoms with Gasteiger partial charge < -0.3 is 15.1 Å². The topological polar surface area (TPSA) is 68.2 Å². The summed E-state index contributed by atoms with van der Waals surface area (Å²) < 4.78 is 5.02. The highest BCUT2D eigenvalue weighted by atomic mass is 16.3. The van der Waals surface area contributed by atoms with Gasteiger partial charge in [0.05, 0.1) is 12.5 Å². The van der Waals surface area contributed by atoms with E-state index in [4.69, 9.17) is 10.2 Å². The second-order valence-corrected chi connectivity index (χ2v) is 3.70. The van der Waals surface area contributed by atoms with E-state index >= 15 is 0 Å². The molecular weight excluding hydrogens is 204 g/mol. The highest BCUT2D eigenvalue weighted by molar-refractivity contribution is 5.55. The summed E-state index contributed by atoms with van der Waals surface area (Å²) in [4.78, 5) is 10.2. The van der Waals surface area contributed by atoms with Crippen molar-refractivity contribution in [1.82, 2.24) is 9.97 Å². The van der Waals surface area contributed by atoms with Crippen LogP contribution in [0.25, 0.3) is 0 Å². The molecule has 0 aliphatic heterocycles. The van der Waals surface area contributed by atoms with Crippen LogP contribution in [0.2, 0.25) is 0 Å². The predicted molar refractivity (Wildman–Crippen MR) is 62.0 cm³/mol. The van der Waals surface area contributed by atoms with Crippen molar-refractivity contribution in [3.63, 3.8) is 0 Å². The number of aromatic nitrogens is 2. The molecule has 0 aromatic carbocycles. The Bertz CT molecular complexity index is 467. The molecule has 5 heteroatoms. The van der Waals surface area contributed by atoms with Crippen molar-refractivity contribution in [2.24, 2.45) is 0 Å². The Morgan fingerprint density at radius 2 is 2.25 bits per heavy atom. The van der Waals surface area contributed by atoms with Crippen molar-refractivity contribution in [2.45, 2.75) is 13.5 Å². The van der Waals surface area contributed by atoms with Crippen molar-refractivity contribution in [1.29, 1.82) is 0 Å². The molecule has 0 unspecified atom stereocenters. The molecule has 0 bridgehead atoms. The molecular formula is C11H14N4O. The summed E-state index contributed by atoms with van der Waals surface area (Å²) in [6.07, 6.45) is 4.85. The molecule has 0 fully saturated rings. The number of nitrogens with zero attached hydrogens (tertiary/aromatic N) is 3. The smallest absolute Gasteiger partial charge is 0.137 e. The fraction of sp³-hybridized carbons (Fsp3) is 0.273. The Morgan fingerprint density at radius 1 is 1.44 bits per heavy atom. The molecule has 0 aliphatic carbocycles. The first-order chi connectivity index (χ1) is 7.68. The van der Waals surface area contributed by atoms with Crippen LogP contribution in [0.15, 0.2) is 29.3 Å². The second kappa shape index (κ2) is 4.22. The lowest BCUT2D eigenvalue weighted by Gasteiger charge is -2.19. The van der Waals surface area contributed by atoms with Gasteiger partial charge in [0.25, 0.3) is 0 Å². The monoisotopic (exact) mass is 218 g/mol. The lowest BCUT2D eigenvalue weighted by molar-refractivity contribution is 0.563. The van der Waals surface area contributed by atoms with Gasteiger partial charge in [-0.25, -0.2) is 9.97 Å². The first-order valence-electron chi connectivity index (χ1n) is 4.97. The molecule has 0 atom stereocenters. The third-order valence-electron chi connectivity index (χ3n) is 2.46.